The lowest BCUT2D eigenvalue weighted by Gasteiger charge is -2.32. The van der Waals surface area contributed by atoms with Crippen LogP contribution >= 0.6 is 0 Å². The number of carbonyl (C=O) groups excluding carboxylic acids is 3. The average Bonchev–Trinajstić information content (AvgIpc) is 4.01. The summed E-state index contributed by atoms with van der Waals surface area (Å²) in [6.07, 6.45) is 11.2. The Morgan fingerprint density at radius 2 is 1.31 bits per heavy atom. The predicted octanol–water partition coefficient (Wildman–Crippen LogP) is 7.07. The molecule has 4 atom stereocenters. The number of H-pyrrole nitrogens is 2. The first-order valence-corrected chi connectivity index (χ1v) is 18.6. The summed E-state index contributed by atoms with van der Waals surface area (Å²) in [7, 11) is 1.30. The van der Waals surface area contributed by atoms with Crippen LogP contribution in [0, 0.1) is 11.8 Å². The molecule has 2 aliphatic heterocycles. The van der Waals surface area contributed by atoms with E-state index in [2.05, 4.69) is 73.7 Å². The average molecular weight is 692 g/mol. The zero-order chi connectivity index (χ0) is 35.5. The number of amides is 3. The topological polar surface area (TPSA) is 136 Å². The highest BCUT2D eigenvalue weighted by Crippen LogP contribution is 2.39. The number of rotatable bonds is 9. The van der Waals surface area contributed by atoms with Crippen molar-refractivity contribution in [2.45, 2.75) is 83.2 Å². The third kappa shape index (κ3) is 7.29. The van der Waals surface area contributed by atoms with Gasteiger partial charge in [0.05, 0.1) is 36.9 Å². The lowest BCUT2D eigenvalue weighted by molar-refractivity contribution is -0.136. The molecule has 3 aliphatic rings. The molecule has 4 heterocycles. The van der Waals surface area contributed by atoms with E-state index in [4.69, 9.17) is 9.72 Å². The summed E-state index contributed by atoms with van der Waals surface area (Å²) in [4.78, 5) is 59.2. The molecule has 268 valence electrons. The second-order valence-corrected chi connectivity index (χ2v) is 14.6. The zero-order valence-electron chi connectivity index (χ0n) is 29.9. The lowest BCUT2D eigenvalue weighted by atomic mass is 9.78. The minimum Gasteiger partial charge on any atom is -0.453 e. The van der Waals surface area contributed by atoms with Gasteiger partial charge in [-0.3, -0.25) is 9.59 Å². The number of methoxy groups -OCH3 is 1. The molecule has 2 saturated heterocycles. The van der Waals surface area contributed by atoms with E-state index in [-0.39, 0.29) is 29.7 Å². The van der Waals surface area contributed by atoms with Crippen molar-refractivity contribution in [3.63, 3.8) is 0 Å². The van der Waals surface area contributed by atoms with Crippen LogP contribution in [-0.2, 0) is 14.3 Å². The minimum absolute atomic E-state index is 0.0236. The summed E-state index contributed by atoms with van der Waals surface area (Å²) in [6, 6.07) is 16.0. The Labute approximate surface area is 299 Å². The number of alkyl carbamates (subject to hydrolysis) is 1. The number of nitrogens with zero attached hydrogens (tertiary/aromatic N) is 4. The highest BCUT2D eigenvalue weighted by molar-refractivity contribution is 5.86. The number of ether oxygens (including phenoxy) is 1. The molecule has 7 rings (SSSR count). The zero-order valence-corrected chi connectivity index (χ0v) is 29.9. The number of hydrogen-bond acceptors (Lipinski definition) is 6. The van der Waals surface area contributed by atoms with Crippen LogP contribution in [0.4, 0.5) is 4.79 Å². The number of aromatic nitrogens is 4. The Bertz CT molecular complexity index is 1820. The van der Waals surface area contributed by atoms with E-state index in [0.717, 1.165) is 110 Å². The smallest absolute Gasteiger partial charge is 0.407 e. The SMILES string of the molecule is COC(=O)NC(C(=O)N1CCC[C@H]1c1ncc(-c2ccc(-c3ccc(-c4cnc([C@H]5CCCC[C@H]5C(=O)N5CCCC5)[nH]4)cc3)cc2)[nH]1)C(C)C. The van der Waals surface area contributed by atoms with E-state index < -0.39 is 12.1 Å². The molecule has 1 unspecified atom stereocenters. The Morgan fingerprint density at radius 3 is 1.92 bits per heavy atom. The van der Waals surface area contributed by atoms with Gasteiger partial charge in [-0.05, 0) is 66.7 Å². The van der Waals surface area contributed by atoms with E-state index in [0.29, 0.717) is 12.5 Å². The van der Waals surface area contributed by atoms with Crippen molar-refractivity contribution in [1.29, 1.82) is 0 Å². The molecule has 3 fully saturated rings. The highest BCUT2D eigenvalue weighted by atomic mass is 16.5. The molecule has 3 N–H and O–H groups in total. The van der Waals surface area contributed by atoms with Gasteiger partial charge in [0.1, 0.15) is 17.7 Å². The number of benzene rings is 2. The van der Waals surface area contributed by atoms with E-state index in [1.54, 1.807) is 0 Å². The van der Waals surface area contributed by atoms with Gasteiger partial charge in [-0.25, -0.2) is 14.8 Å². The maximum atomic E-state index is 13.5. The lowest BCUT2D eigenvalue weighted by Crippen LogP contribution is -2.51. The van der Waals surface area contributed by atoms with Crippen LogP contribution in [-0.4, -0.2) is 80.4 Å². The number of carbonyl (C=O) groups is 3. The fourth-order valence-corrected chi connectivity index (χ4v) is 8.13. The van der Waals surface area contributed by atoms with E-state index in [1.165, 1.54) is 7.11 Å². The maximum Gasteiger partial charge on any atom is 0.407 e. The summed E-state index contributed by atoms with van der Waals surface area (Å²) in [5, 5.41) is 2.70. The van der Waals surface area contributed by atoms with E-state index in [9.17, 15) is 14.4 Å². The standard InChI is InChI=1S/C40H49N7O4/c1-25(2)35(45-40(50)51-3)39(49)47-22-8-11-34(47)37-42-24-33(44-37)29-18-14-27(15-19-29)26-12-16-28(17-13-26)32-23-41-36(43-32)30-9-4-5-10-31(30)38(48)46-20-6-7-21-46/h12-19,23-25,30-31,34-35H,4-11,20-22H2,1-3H3,(H,41,43)(H,42,44)(H,45,50)/t30-,31+,34-,35?/m0/s1. The van der Waals surface area contributed by atoms with Crippen LogP contribution in [0.15, 0.2) is 60.9 Å². The minimum atomic E-state index is -0.670. The molecule has 3 amide bonds. The largest absolute Gasteiger partial charge is 0.453 e. The summed E-state index contributed by atoms with van der Waals surface area (Å²) in [5.74, 6) is 1.96. The van der Waals surface area contributed by atoms with Gasteiger partial charge < -0.3 is 29.8 Å². The van der Waals surface area contributed by atoms with Gasteiger partial charge in [-0.2, -0.15) is 0 Å². The maximum absolute atomic E-state index is 13.5. The number of aromatic amines is 2. The van der Waals surface area contributed by atoms with Crippen LogP contribution in [0.5, 0.6) is 0 Å². The van der Waals surface area contributed by atoms with Crippen molar-refractivity contribution in [3.05, 3.63) is 72.6 Å². The van der Waals surface area contributed by atoms with Crippen molar-refractivity contribution >= 4 is 17.9 Å². The van der Waals surface area contributed by atoms with E-state index >= 15 is 0 Å². The van der Waals surface area contributed by atoms with Crippen LogP contribution in [0.1, 0.15) is 88.8 Å². The number of likely N-dealkylation sites (tertiary alicyclic amines) is 2. The summed E-state index contributed by atoms with van der Waals surface area (Å²) in [5.41, 5.74) is 6.15. The van der Waals surface area contributed by atoms with Gasteiger partial charge >= 0.3 is 6.09 Å². The number of hydrogen-bond donors (Lipinski definition) is 3. The normalized spacial score (nSPS) is 21.2. The van der Waals surface area contributed by atoms with Gasteiger partial charge in [0.25, 0.3) is 0 Å². The molecule has 0 spiro atoms. The number of imidazole rings is 2. The molecule has 51 heavy (non-hydrogen) atoms. The summed E-state index contributed by atoms with van der Waals surface area (Å²) in [6.45, 7) is 6.23. The van der Waals surface area contributed by atoms with Gasteiger partial charge in [0.2, 0.25) is 11.8 Å². The first kappa shape index (κ1) is 34.5. The van der Waals surface area contributed by atoms with Gasteiger partial charge in [0, 0.05) is 31.5 Å². The monoisotopic (exact) mass is 691 g/mol. The van der Waals surface area contributed by atoms with Crippen molar-refractivity contribution in [2.24, 2.45) is 11.8 Å². The first-order chi connectivity index (χ1) is 24.8. The summed E-state index contributed by atoms with van der Waals surface area (Å²) >= 11 is 0. The molecule has 11 heteroatoms. The Kier molecular flexibility index (Phi) is 10.2. The van der Waals surface area contributed by atoms with Crippen molar-refractivity contribution in [2.75, 3.05) is 26.7 Å². The summed E-state index contributed by atoms with van der Waals surface area (Å²) < 4.78 is 4.76. The highest BCUT2D eigenvalue weighted by Gasteiger charge is 2.38. The van der Waals surface area contributed by atoms with Crippen molar-refractivity contribution < 1.29 is 19.1 Å². The third-order valence-corrected chi connectivity index (χ3v) is 11.0. The quantitative estimate of drug-likeness (QED) is 0.172. The molecule has 1 aliphatic carbocycles. The first-order valence-electron chi connectivity index (χ1n) is 18.6. The van der Waals surface area contributed by atoms with Gasteiger partial charge in [-0.15, -0.1) is 0 Å². The molecule has 0 bridgehead atoms. The van der Waals surface area contributed by atoms with Crippen LogP contribution in [0.25, 0.3) is 33.6 Å². The molecular weight excluding hydrogens is 642 g/mol. The van der Waals surface area contributed by atoms with Crippen LogP contribution in [0.3, 0.4) is 0 Å². The second-order valence-electron chi connectivity index (χ2n) is 14.6. The molecule has 4 aromatic rings. The Hall–Kier alpha value is -4.93. The molecule has 11 nitrogen and oxygen atoms in total. The van der Waals surface area contributed by atoms with Crippen LogP contribution < -0.4 is 5.32 Å². The van der Waals surface area contributed by atoms with Crippen LogP contribution in [0.2, 0.25) is 0 Å². The number of nitrogens with one attached hydrogen (secondary N) is 3. The van der Waals surface area contributed by atoms with Gasteiger partial charge in [0.15, 0.2) is 0 Å². The van der Waals surface area contributed by atoms with Gasteiger partial charge in [-0.1, -0.05) is 75.2 Å². The molecule has 2 aromatic carbocycles. The molecular formula is C40H49N7O4. The van der Waals surface area contributed by atoms with Crippen molar-refractivity contribution in [1.82, 2.24) is 35.1 Å². The predicted molar refractivity (Wildman–Crippen MR) is 195 cm³/mol. The third-order valence-electron chi connectivity index (χ3n) is 11.0. The molecule has 0 radical (unpaired) electrons. The second kappa shape index (κ2) is 15.1. The van der Waals surface area contributed by atoms with Crippen molar-refractivity contribution in [3.8, 4) is 33.6 Å². The Morgan fingerprint density at radius 1 is 0.745 bits per heavy atom. The molecule has 1 saturated carbocycles. The Balaban J connectivity index is 1.01. The molecule has 2 aromatic heterocycles. The van der Waals surface area contributed by atoms with E-state index in [1.807, 2.05) is 31.1 Å². The fraction of sp³-hybridized carbons (Fsp3) is 0.475. The fourth-order valence-electron chi connectivity index (χ4n) is 8.13.